The molecule has 0 atom stereocenters. The molecule has 4 heteroatoms. The smallest absolute Gasteiger partial charge is 0.251 e. The Morgan fingerprint density at radius 3 is 2.44 bits per heavy atom. The molecule has 1 aromatic rings. The highest BCUT2D eigenvalue weighted by Gasteiger charge is 2.14. The van der Waals surface area contributed by atoms with Gasteiger partial charge < -0.3 is 10.6 Å². The van der Waals surface area contributed by atoms with E-state index in [9.17, 15) is 9.59 Å². The summed E-state index contributed by atoms with van der Waals surface area (Å²) in [6.07, 6.45) is 0. The first-order valence-corrected chi connectivity index (χ1v) is 5.94. The minimum atomic E-state index is -0.287. The number of hydrogen-bond acceptors (Lipinski definition) is 2. The van der Waals surface area contributed by atoms with E-state index in [0.717, 1.165) is 5.56 Å². The molecule has 0 aliphatic carbocycles. The van der Waals surface area contributed by atoms with Gasteiger partial charge in [0.05, 0.1) is 6.54 Å². The predicted octanol–water partition coefficient (Wildman–Crippen LogP) is 1.64. The summed E-state index contributed by atoms with van der Waals surface area (Å²) in [7, 11) is 0. The average Bonchev–Trinajstić information content (AvgIpc) is 2.23. The van der Waals surface area contributed by atoms with Crippen LogP contribution in [0.3, 0.4) is 0 Å². The SMILES string of the molecule is Cc1cccc(C(=O)NCC(=O)NC(C)(C)C)c1. The lowest BCUT2D eigenvalue weighted by molar-refractivity contribution is -0.121. The Hall–Kier alpha value is -1.84. The second-order valence-electron chi connectivity index (χ2n) is 5.35. The third-order valence-corrected chi connectivity index (χ3v) is 2.20. The summed E-state index contributed by atoms with van der Waals surface area (Å²) in [6.45, 7) is 7.60. The molecule has 18 heavy (non-hydrogen) atoms. The van der Waals surface area contributed by atoms with Crippen molar-refractivity contribution >= 4 is 11.8 Å². The lowest BCUT2D eigenvalue weighted by Gasteiger charge is -2.20. The van der Waals surface area contributed by atoms with Gasteiger partial charge in [0.1, 0.15) is 0 Å². The number of aryl methyl sites for hydroxylation is 1. The first-order valence-electron chi connectivity index (χ1n) is 5.94. The van der Waals surface area contributed by atoms with Crippen molar-refractivity contribution in [3.8, 4) is 0 Å². The first-order chi connectivity index (χ1) is 8.28. The fourth-order valence-corrected chi connectivity index (χ4v) is 1.51. The molecule has 2 N–H and O–H groups in total. The molecular weight excluding hydrogens is 228 g/mol. The van der Waals surface area contributed by atoms with Crippen LogP contribution in [-0.4, -0.2) is 23.9 Å². The molecular formula is C14H20N2O2. The zero-order valence-electron chi connectivity index (χ0n) is 11.3. The maximum atomic E-state index is 11.8. The lowest BCUT2D eigenvalue weighted by Crippen LogP contribution is -2.45. The quantitative estimate of drug-likeness (QED) is 0.854. The topological polar surface area (TPSA) is 58.2 Å². The van der Waals surface area contributed by atoms with Crippen molar-refractivity contribution in [2.75, 3.05) is 6.54 Å². The van der Waals surface area contributed by atoms with Crippen LogP contribution in [0.5, 0.6) is 0 Å². The summed E-state index contributed by atoms with van der Waals surface area (Å²) < 4.78 is 0. The predicted molar refractivity (Wildman–Crippen MR) is 71.4 cm³/mol. The van der Waals surface area contributed by atoms with Crippen LogP contribution >= 0.6 is 0 Å². The zero-order chi connectivity index (χ0) is 13.8. The van der Waals surface area contributed by atoms with Gasteiger partial charge in [-0.2, -0.15) is 0 Å². The van der Waals surface area contributed by atoms with Crippen molar-refractivity contribution in [3.05, 3.63) is 35.4 Å². The van der Waals surface area contributed by atoms with Crippen molar-refractivity contribution in [3.63, 3.8) is 0 Å². The zero-order valence-corrected chi connectivity index (χ0v) is 11.3. The van der Waals surface area contributed by atoms with Gasteiger partial charge in [0.25, 0.3) is 5.91 Å². The molecule has 1 rings (SSSR count). The van der Waals surface area contributed by atoms with Gasteiger partial charge in [0, 0.05) is 11.1 Å². The van der Waals surface area contributed by atoms with Crippen molar-refractivity contribution in [1.29, 1.82) is 0 Å². The number of benzene rings is 1. The molecule has 0 heterocycles. The van der Waals surface area contributed by atoms with Crippen LogP contribution in [0.15, 0.2) is 24.3 Å². The van der Waals surface area contributed by atoms with E-state index in [1.807, 2.05) is 39.8 Å². The first kappa shape index (κ1) is 14.2. The van der Waals surface area contributed by atoms with Crippen LogP contribution in [0.2, 0.25) is 0 Å². The molecule has 0 bridgehead atoms. The second kappa shape index (κ2) is 5.67. The molecule has 1 aromatic carbocycles. The standard InChI is InChI=1S/C14H20N2O2/c1-10-6-5-7-11(8-10)13(18)15-9-12(17)16-14(2,3)4/h5-8H,9H2,1-4H3,(H,15,18)(H,16,17). The average molecular weight is 248 g/mol. The molecule has 98 valence electrons. The van der Waals surface area contributed by atoms with Crippen molar-refractivity contribution in [2.45, 2.75) is 33.2 Å². The monoisotopic (exact) mass is 248 g/mol. The number of rotatable bonds is 3. The Balaban J connectivity index is 2.49. The maximum absolute atomic E-state index is 11.8. The van der Waals surface area contributed by atoms with Gasteiger partial charge >= 0.3 is 0 Å². The van der Waals surface area contributed by atoms with Crippen molar-refractivity contribution in [1.82, 2.24) is 10.6 Å². The molecule has 4 nitrogen and oxygen atoms in total. The van der Waals surface area contributed by atoms with Gasteiger partial charge in [-0.3, -0.25) is 9.59 Å². The Kier molecular flexibility index (Phi) is 4.48. The van der Waals surface area contributed by atoms with Crippen LogP contribution in [-0.2, 0) is 4.79 Å². The minimum Gasteiger partial charge on any atom is -0.350 e. The van der Waals surface area contributed by atoms with E-state index in [-0.39, 0.29) is 23.9 Å². The highest BCUT2D eigenvalue weighted by molar-refractivity contribution is 5.96. The number of amides is 2. The highest BCUT2D eigenvalue weighted by atomic mass is 16.2. The number of hydrogen-bond donors (Lipinski definition) is 2. The van der Waals surface area contributed by atoms with Crippen LogP contribution in [0.25, 0.3) is 0 Å². The van der Waals surface area contributed by atoms with Gasteiger partial charge in [-0.15, -0.1) is 0 Å². The lowest BCUT2D eigenvalue weighted by atomic mass is 10.1. The molecule has 0 aromatic heterocycles. The summed E-state index contributed by atoms with van der Waals surface area (Å²) >= 11 is 0. The van der Waals surface area contributed by atoms with Gasteiger partial charge in [-0.25, -0.2) is 0 Å². The number of nitrogens with one attached hydrogen (secondary N) is 2. The van der Waals surface area contributed by atoms with Gasteiger partial charge in [-0.05, 0) is 39.8 Å². The molecule has 0 aliphatic heterocycles. The fourth-order valence-electron chi connectivity index (χ4n) is 1.51. The molecule has 2 amide bonds. The van der Waals surface area contributed by atoms with E-state index < -0.39 is 0 Å². The summed E-state index contributed by atoms with van der Waals surface area (Å²) in [6, 6.07) is 7.25. The van der Waals surface area contributed by atoms with Crippen LogP contribution in [0, 0.1) is 6.92 Å². The summed E-state index contributed by atoms with van der Waals surface area (Å²) in [5.41, 5.74) is 1.30. The molecule has 0 saturated heterocycles. The van der Waals surface area contributed by atoms with E-state index in [1.54, 1.807) is 12.1 Å². The Labute approximate surface area is 108 Å². The van der Waals surface area contributed by atoms with Crippen molar-refractivity contribution < 1.29 is 9.59 Å². The normalized spacial score (nSPS) is 10.9. The van der Waals surface area contributed by atoms with E-state index in [1.165, 1.54) is 0 Å². The van der Waals surface area contributed by atoms with Crippen LogP contribution in [0.4, 0.5) is 0 Å². The van der Waals surface area contributed by atoms with Gasteiger partial charge in [0.15, 0.2) is 0 Å². The van der Waals surface area contributed by atoms with E-state index in [2.05, 4.69) is 10.6 Å². The second-order valence-corrected chi connectivity index (χ2v) is 5.35. The van der Waals surface area contributed by atoms with Crippen LogP contribution in [0.1, 0.15) is 36.7 Å². The molecule has 0 aliphatic rings. The summed E-state index contributed by atoms with van der Waals surface area (Å²) in [5.74, 6) is -0.425. The van der Waals surface area contributed by atoms with Gasteiger partial charge in [0.2, 0.25) is 5.91 Å². The highest BCUT2D eigenvalue weighted by Crippen LogP contribution is 2.03. The Morgan fingerprint density at radius 1 is 1.22 bits per heavy atom. The summed E-state index contributed by atoms with van der Waals surface area (Å²) in [5, 5.41) is 5.38. The third kappa shape index (κ3) is 4.99. The Morgan fingerprint density at radius 2 is 1.89 bits per heavy atom. The van der Waals surface area contributed by atoms with E-state index >= 15 is 0 Å². The van der Waals surface area contributed by atoms with E-state index in [4.69, 9.17) is 0 Å². The van der Waals surface area contributed by atoms with Crippen LogP contribution < -0.4 is 10.6 Å². The fraction of sp³-hybridized carbons (Fsp3) is 0.429. The minimum absolute atomic E-state index is 0.00988. The molecule has 0 saturated carbocycles. The third-order valence-electron chi connectivity index (χ3n) is 2.20. The Bertz CT molecular complexity index is 447. The largest absolute Gasteiger partial charge is 0.350 e. The van der Waals surface area contributed by atoms with Gasteiger partial charge in [-0.1, -0.05) is 17.7 Å². The molecule has 0 radical (unpaired) electrons. The number of carbonyl (C=O) groups excluding carboxylic acids is 2. The van der Waals surface area contributed by atoms with Crippen molar-refractivity contribution in [2.24, 2.45) is 0 Å². The number of carbonyl (C=O) groups is 2. The van der Waals surface area contributed by atoms with E-state index in [0.29, 0.717) is 5.56 Å². The maximum Gasteiger partial charge on any atom is 0.251 e. The summed E-state index contributed by atoms with van der Waals surface area (Å²) in [4.78, 5) is 23.3. The molecule has 0 unspecified atom stereocenters. The molecule has 0 fully saturated rings. The molecule has 0 spiro atoms.